The van der Waals surface area contributed by atoms with Gasteiger partial charge < -0.3 is 15.4 Å². The molecule has 0 radical (unpaired) electrons. The number of hydrogen-bond acceptors (Lipinski definition) is 8. The smallest absolute Gasteiger partial charge is 0.244 e. The third kappa shape index (κ3) is 5.25. The van der Waals surface area contributed by atoms with Crippen LogP contribution in [-0.4, -0.2) is 79.5 Å². The number of nitrogens with zero attached hydrogens (tertiary/aromatic N) is 2. The van der Waals surface area contributed by atoms with Crippen LogP contribution in [0.5, 0.6) is 0 Å². The third-order valence-electron chi connectivity index (χ3n) is 9.60. The molecule has 1 aromatic carbocycles. The molecule has 2 bridgehead atoms. The molecule has 4 fully saturated rings. The summed E-state index contributed by atoms with van der Waals surface area (Å²) in [5, 5.41) is 22.5. The van der Waals surface area contributed by atoms with Gasteiger partial charge in [0.25, 0.3) is 0 Å². The van der Waals surface area contributed by atoms with Crippen molar-refractivity contribution in [1.29, 1.82) is 0 Å². The Bertz CT molecular complexity index is 1090. The number of hydrazine groups is 1. The fourth-order valence-electron chi connectivity index (χ4n) is 7.28. The summed E-state index contributed by atoms with van der Waals surface area (Å²) in [6.45, 7) is 9.57. The normalized spacial score (nSPS) is 34.8. The molecular formula is C30H47N7O2. The molecule has 4 heterocycles. The lowest BCUT2D eigenvalue weighted by Crippen LogP contribution is -2.69. The minimum atomic E-state index is -0.262. The van der Waals surface area contributed by atoms with Crippen LogP contribution in [0.3, 0.4) is 0 Å². The first-order chi connectivity index (χ1) is 18.8. The summed E-state index contributed by atoms with van der Waals surface area (Å²) in [6.07, 6.45) is 10.7. The van der Waals surface area contributed by atoms with Crippen LogP contribution in [0.4, 0.5) is 5.69 Å². The molecule has 0 spiro atoms. The van der Waals surface area contributed by atoms with Crippen molar-refractivity contribution in [1.82, 2.24) is 31.3 Å². The predicted molar refractivity (Wildman–Crippen MR) is 154 cm³/mol. The Kier molecular flexibility index (Phi) is 7.50. The SMILES string of the molecule is CNCC1(c2ccc(NC3NCC4C(=O)N5C/C=C\CCOC(C)(C)C6CCCC(N6)N5C4N3)cc2C)CC1. The lowest BCUT2D eigenvalue weighted by molar-refractivity contribution is -0.147. The van der Waals surface area contributed by atoms with Gasteiger partial charge in [-0.05, 0) is 89.6 Å². The molecule has 5 aliphatic rings. The molecule has 9 nitrogen and oxygen atoms in total. The van der Waals surface area contributed by atoms with Crippen molar-refractivity contribution in [2.75, 3.05) is 38.6 Å². The standard InChI is InChI=1S/C30H47N7O2/c1-20-17-21(11-12-23(20)30(13-14-30)19-31-4)33-28-32-18-22-26(35-28)37-25-10-8-9-24(34-25)29(2,3)39-16-7-5-6-15-36(37)27(22)38/h5-6,11-12,17,22,24-26,28,31-35H,7-10,13-16,18-19H2,1-4H3/b6-5-. The van der Waals surface area contributed by atoms with Crippen molar-refractivity contribution in [2.24, 2.45) is 5.92 Å². The number of carbonyl (C=O) groups is 1. The fourth-order valence-corrected chi connectivity index (χ4v) is 7.28. The highest BCUT2D eigenvalue weighted by atomic mass is 16.5. The van der Waals surface area contributed by atoms with Gasteiger partial charge in [0.1, 0.15) is 6.29 Å². The molecule has 0 aromatic heterocycles. The van der Waals surface area contributed by atoms with Crippen LogP contribution in [0.25, 0.3) is 0 Å². The van der Waals surface area contributed by atoms with Crippen molar-refractivity contribution in [2.45, 2.75) is 95.0 Å². The van der Waals surface area contributed by atoms with Crippen LogP contribution >= 0.6 is 0 Å². The summed E-state index contributed by atoms with van der Waals surface area (Å²) in [5.74, 6) is 0.0625. The zero-order valence-electron chi connectivity index (χ0n) is 24.1. The maximum atomic E-state index is 13.7. The van der Waals surface area contributed by atoms with Crippen LogP contribution in [0.1, 0.15) is 63.5 Å². The van der Waals surface area contributed by atoms with E-state index >= 15 is 0 Å². The summed E-state index contributed by atoms with van der Waals surface area (Å²) in [6, 6.07) is 7.01. The second kappa shape index (κ2) is 10.8. The largest absolute Gasteiger partial charge is 0.374 e. The molecule has 5 N–H and O–H groups in total. The second-order valence-corrected chi connectivity index (χ2v) is 12.7. The van der Waals surface area contributed by atoms with E-state index in [-0.39, 0.29) is 42.1 Å². The molecular weight excluding hydrogens is 490 g/mol. The first-order valence-electron chi connectivity index (χ1n) is 15.0. The molecule has 39 heavy (non-hydrogen) atoms. The van der Waals surface area contributed by atoms with E-state index < -0.39 is 0 Å². The predicted octanol–water partition coefficient (Wildman–Crippen LogP) is 2.36. The van der Waals surface area contributed by atoms with Gasteiger partial charge in [-0.2, -0.15) is 5.01 Å². The Labute approximate surface area is 233 Å². The van der Waals surface area contributed by atoms with E-state index in [9.17, 15) is 4.79 Å². The van der Waals surface area contributed by atoms with Gasteiger partial charge in [0.05, 0.1) is 37.0 Å². The molecule has 1 aromatic rings. The van der Waals surface area contributed by atoms with Crippen LogP contribution in [-0.2, 0) is 14.9 Å². The zero-order valence-corrected chi connectivity index (χ0v) is 24.1. The van der Waals surface area contributed by atoms with Crippen LogP contribution in [0, 0.1) is 12.8 Å². The van der Waals surface area contributed by atoms with Crippen molar-refractivity contribution >= 4 is 11.6 Å². The van der Waals surface area contributed by atoms with Crippen molar-refractivity contribution in [3.05, 3.63) is 41.5 Å². The number of likely N-dealkylation sites (N-methyl/N-ethyl adjacent to an activating group) is 1. The highest BCUT2D eigenvalue weighted by molar-refractivity contribution is 5.82. The van der Waals surface area contributed by atoms with Crippen molar-refractivity contribution in [3.63, 3.8) is 0 Å². The highest BCUT2D eigenvalue weighted by Crippen LogP contribution is 2.49. The van der Waals surface area contributed by atoms with E-state index in [2.05, 4.69) is 82.7 Å². The van der Waals surface area contributed by atoms with E-state index in [0.717, 1.165) is 37.9 Å². The molecule has 5 unspecified atom stereocenters. The third-order valence-corrected chi connectivity index (χ3v) is 9.60. The number of rotatable bonds is 5. The Morgan fingerprint density at radius 1 is 1.15 bits per heavy atom. The summed E-state index contributed by atoms with van der Waals surface area (Å²) in [5.41, 5.74) is 3.93. The Morgan fingerprint density at radius 2 is 2.00 bits per heavy atom. The molecule has 9 heteroatoms. The molecule has 3 saturated heterocycles. The number of carbonyl (C=O) groups excluding carboxylic acids is 1. The first kappa shape index (κ1) is 27.2. The number of fused-ring (bicyclic) bond motifs is 6. The van der Waals surface area contributed by atoms with Gasteiger partial charge in [-0.15, -0.1) is 0 Å². The summed E-state index contributed by atoms with van der Waals surface area (Å²) in [4.78, 5) is 13.7. The van der Waals surface area contributed by atoms with E-state index in [4.69, 9.17) is 4.74 Å². The Balaban J connectivity index is 1.21. The van der Waals surface area contributed by atoms with Crippen LogP contribution in [0.2, 0.25) is 0 Å². The van der Waals surface area contributed by atoms with Crippen molar-refractivity contribution in [3.8, 4) is 0 Å². The number of anilines is 1. The zero-order chi connectivity index (χ0) is 27.2. The molecule has 1 aliphatic carbocycles. The van der Waals surface area contributed by atoms with Crippen molar-refractivity contribution < 1.29 is 9.53 Å². The maximum Gasteiger partial charge on any atom is 0.244 e. The van der Waals surface area contributed by atoms with E-state index in [0.29, 0.717) is 25.1 Å². The summed E-state index contributed by atoms with van der Waals surface area (Å²) >= 11 is 0. The molecule has 4 aliphatic heterocycles. The van der Waals surface area contributed by atoms with Gasteiger partial charge in [-0.1, -0.05) is 18.2 Å². The molecule has 5 atom stereocenters. The number of ether oxygens (including phenoxy) is 1. The minimum Gasteiger partial charge on any atom is -0.374 e. The first-order valence-corrected chi connectivity index (χ1v) is 15.0. The number of nitrogens with one attached hydrogen (secondary N) is 5. The van der Waals surface area contributed by atoms with Crippen LogP contribution < -0.4 is 26.6 Å². The molecule has 1 amide bonds. The van der Waals surface area contributed by atoms with E-state index in [1.54, 1.807) is 0 Å². The van der Waals surface area contributed by atoms with E-state index in [1.807, 2.05) is 12.1 Å². The summed E-state index contributed by atoms with van der Waals surface area (Å²) in [7, 11) is 2.04. The Hall–Kier alpha value is -2.01. The minimum absolute atomic E-state index is 0.0769. The molecule has 214 valence electrons. The lowest BCUT2D eigenvalue weighted by Gasteiger charge is -2.47. The number of aryl methyl sites for hydroxylation is 1. The van der Waals surface area contributed by atoms with Gasteiger partial charge in [-0.3, -0.25) is 25.8 Å². The quantitative estimate of drug-likeness (QED) is 0.366. The average Bonchev–Trinajstić information content (AvgIpc) is 3.64. The average molecular weight is 538 g/mol. The van der Waals surface area contributed by atoms with Gasteiger partial charge in [0.2, 0.25) is 5.91 Å². The molecule has 6 rings (SSSR count). The molecule has 1 saturated carbocycles. The van der Waals surface area contributed by atoms with Gasteiger partial charge in [0, 0.05) is 30.2 Å². The van der Waals surface area contributed by atoms with Gasteiger partial charge in [-0.25, -0.2) is 0 Å². The number of hydrogen-bond donors (Lipinski definition) is 5. The number of piperidine rings is 1. The Morgan fingerprint density at radius 3 is 2.77 bits per heavy atom. The fraction of sp³-hybridized carbons (Fsp3) is 0.700. The monoisotopic (exact) mass is 537 g/mol. The maximum absolute atomic E-state index is 13.7. The summed E-state index contributed by atoms with van der Waals surface area (Å²) < 4.78 is 6.31. The van der Waals surface area contributed by atoms with E-state index in [1.165, 1.54) is 24.0 Å². The highest BCUT2D eigenvalue weighted by Gasteiger charge is 2.52. The second-order valence-electron chi connectivity index (χ2n) is 12.7. The van der Waals surface area contributed by atoms with Gasteiger partial charge >= 0.3 is 0 Å². The lowest BCUT2D eigenvalue weighted by atomic mass is 9.89. The van der Waals surface area contributed by atoms with Gasteiger partial charge in [0.15, 0.2) is 0 Å². The number of amides is 1. The van der Waals surface area contributed by atoms with Crippen LogP contribution in [0.15, 0.2) is 30.4 Å². The number of benzene rings is 1. The topological polar surface area (TPSA) is 92.9 Å².